The van der Waals surface area contributed by atoms with Gasteiger partial charge in [-0.25, -0.2) is 0 Å². The molecule has 142 valence electrons. The van der Waals surface area contributed by atoms with Crippen molar-refractivity contribution < 1.29 is 9.53 Å². The van der Waals surface area contributed by atoms with Gasteiger partial charge in [0, 0.05) is 22.6 Å². The lowest BCUT2D eigenvalue weighted by Gasteiger charge is -2.30. The first-order valence-electron chi connectivity index (χ1n) is 8.74. The Hall–Kier alpha value is -2.64. The Labute approximate surface area is 171 Å². The van der Waals surface area contributed by atoms with Crippen LogP contribution in [-0.4, -0.2) is 27.3 Å². The van der Waals surface area contributed by atoms with Crippen LogP contribution in [0.25, 0.3) is 11.3 Å². The van der Waals surface area contributed by atoms with Gasteiger partial charge in [0.1, 0.15) is 0 Å². The number of hydrogen-bond acceptors (Lipinski definition) is 6. The number of nitrogens with zero attached hydrogens (tertiary/aromatic N) is 4. The summed E-state index contributed by atoms with van der Waals surface area (Å²) in [5, 5.41) is 9.49. The molecule has 0 bridgehead atoms. The van der Waals surface area contributed by atoms with Crippen LogP contribution in [0.3, 0.4) is 0 Å². The minimum absolute atomic E-state index is 0.0803. The van der Waals surface area contributed by atoms with E-state index in [1.807, 2.05) is 49.6 Å². The van der Waals surface area contributed by atoms with Gasteiger partial charge in [-0.1, -0.05) is 60.6 Å². The van der Waals surface area contributed by atoms with Crippen LogP contribution in [0.2, 0.25) is 5.02 Å². The maximum absolute atomic E-state index is 13.0. The predicted molar refractivity (Wildman–Crippen MR) is 110 cm³/mol. The first kappa shape index (κ1) is 18.7. The van der Waals surface area contributed by atoms with Crippen LogP contribution < -0.4 is 9.64 Å². The molecule has 1 aliphatic heterocycles. The number of halogens is 1. The molecule has 2 aromatic carbocycles. The Kier molecular flexibility index (Phi) is 5.19. The highest BCUT2D eigenvalue weighted by Gasteiger charge is 2.35. The molecular formula is C20H17ClN4O2S. The predicted octanol–water partition coefficient (Wildman–Crippen LogP) is 4.75. The van der Waals surface area contributed by atoms with Crippen molar-refractivity contribution in [1.82, 2.24) is 15.2 Å². The van der Waals surface area contributed by atoms with E-state index >= 15 is 0 Å². The fraction of sp³-hybridized carbons (Fsp3) is 0.200. The van der Waals surface area contributed by atoms with Crippen LogP contribution in [-0.2, 0) is 4.79 Å². The first-order chi connectivity index (χ1) is 13.6. The molecule has 1 aliphatic rings. The van der Waals surface area contributed by atoms with Crippen LogP contribution in [0.4, 0.5) is 5.69 Å². The number of thioether (sulfide) groups is 1. The summed E-state index contributed by atoms with van der Waals surface area (Å²) in [6.45, 7) is 1.82. The van der Waals surface area contributed by atoms with E-state index in [0.717, 1.165) is 5.56 Å². The van der Waals surface area contributed by atoms with Crippen LogP contribution in [0.1, 0.15) is 25.1 Å². The third-order valence-electron chi connectivity index (χ3n) is 4.40. The summed E-state index contributed by atoms with van der Waals surface area (Å²) in [7, 11) is 0. The summed E-state index contributed by atoms with van der Waals surface area (Å²) in [6, 6.07) is 14.9. The molecule has 1 unspecified atom stereocenters. The monoisotopic (exact) mass is 412 g/mol. The number of fused-ring (bicyclic) bond motifs is 3. The summed E-state index contributed by atoms with van der Waals surface area (Å²) in [5.41, 5.74) is 2.62. The molecule has 1 amide bonds. The first-order valence-corrected chi connectivity index (χ1v) is 10.3. The molecule has 1 aromatic heterocycles. The van der Waals surface area contributed by atoms with Crippen LogP contribution >= 0.6 is 23.4 Å². The van der Waals surface area contributed by atoms with Gasteiger partial charge < -0.3 is 4.74 Å². The third kappa shape index (κ3) is 3.31. The number of carbonyl (C=O) groups excluding carboxylic acids is 1. The van der Waals surface area contributed by atoms with E-state index in [2.05, 4.69) is 15.2 Å². The number of ether oxygens (including phenoxy) is 1. The zero-order chi connectivity index (χ0) is 19.7. The Bertz CT molecular complexity index is 1030. The van der Waals surface area contributed by atoms with Crippen LogP contribution in [0.15, 0.2) is 53.7 Å². The molecule has 28 heavy (non-hydrogen) atoms. The number of carbonyl (C=O) groups is 1. The van der Waals surface area contributed by atoms with Crippen LogP contribution in [0.5, 0.6) is 5.88 Å². The zero-order valence-electron chi connectivity index (χ0n) is 15.3. The summed E-state index contributed by atoms with van der Waals surface area (Å²) in [4.78, 5) is 19.1. The summed E-state index contributed by atoms with van der Waals surface area (Å²) >= 11 is 7.62. The molecule has 0 saturated heterocycles. The molecule has 0 spiro atoms. The lowest BCUT2D eigenvalue weighted by molar-refractivity contribution is -0.120. The Balaban J connectivity index is 2.00. The molecule has 0 N–H and O–H groups in total. The minimum Gasteiger partial charge on any atom is -0.447 e. The normalized spacial score (nSPS) is 15.2. The van der Waals surface area contributed by atoms with Crippen molar-refractivity contribution in [2.75, 3.05) is 11.2 Å². The number of hydrogen-bond donors (Lipinski definition) is 0. The molecule has 6 nitrogen and oxygen atoms in total. The summed E-state index contributed by atoms with van der Waals surface area (Å²) in [5.74, 6) is 0.242. The molecule has 1 atom stereocenters. The van der Waals surface area contributed by atoms with Crippen molar-refractivity contribution in [3.8, 4) is 17.1 Å². The maximum Gasteiger partial charge on any atom is 0.247 e. The SMILES string of the molecule is CCC(=O)N1c2ccc(Cl)cc2-c2nnc(SC)nc2OC1c1ccccc1. The topological polar surface area (TPSA) is 68.2 Å². The highest BCUT2D eigenvalue weighted by atomic mass is 35.5. The zero-order valence-corrected chi connectivity index (χ0v) is 16.9. The molecule has 0 radical (unpaired) electrons. The minimum atomic E-state index is -0.679. The smallest absolute Gasteiger partial charge is 0.247 e. The fourth-order valence-electron chi connectivity index (χ4n) is 3.10. The molecule has 8 heteroatoms. The number of anilines is 1. The van der Waals surface area contributed by atoms with Crippen molar-refractivity contribution in [2.24, 2.45) is 0 Å². The van der Waals surface area contributed by atoms with Crippen molar-refractivity contribution in [3.63, 3.8) is 0 Å². The van der Waals surface area contributed by atoms with Gasteiger partial charge in [0.05, 0.1) is 5.69 Å². The van der Waals surface area contributed by atoms with E-state index in [0.29, 0.717) is 39.4 Å². The highest BCUT2D eigenvalue weighted by molar-refractivity contribution is 7.98. The lowest BCUT2D eigenvalue weighted by atomic mass is 10.1. The Morgan fingerprint density at radius 1 is 1.21 bits per heavy atom. The molecule has 4 rings (SSSR count). The fourth-order valence-corrected chi connectivity index (χ4v) is 3.57. The van der Waals surface area contributed by atoms with Crippen molar-refractivity contribution in [2.45, 2.75) is 24.7 Å². The largest absolute Gasteiger partial charge is 0.447 e. The van der Waals surface area contributed by atoms with E-state index < -0.39 is 6.23 Å². The Morgan fingerprint density at radius 3 is 2.71 bits per heavy atom. The second-order valence-corrected chi connectivity index (χ2v) is 7.32. The van der Waals surface area contributed by atoms with Gasteiger partial charge in [-0.05, 0) is 24.5 Å². The van der Waals surface area contributed by atoms with Crippen molar-refractivity contribution >= 4 is 35.0 Å². The van der Waals surface area contributed by atoms with Gasteiger partial charge in [-0.2, -0.15) is 4.98 Å². The lowest BCUT2D eigenvalue weighted by Crippen LogP contribution is -2.37. The van der Waals surface area contributed by atoms with Gasteiger partial charge >= 0.3 is 0 Å². The van der Waals surface area contributed by atoms with E-state index in [9.17, 15) is 4.79 Å². The molecule has 0 aliphatic carbocycles. The molecule has 0 fully saturated rings. The standard InChI is InChI=1S/C20H17ClN4O2S/c1-3-16(26)25-15-10-9-13(21)11-14(15)17-18(22-20(28-2)24-23-17)27-19(25)12-7-5-4-6-8-12/h4-11,19H,3H2,1-2H3. The van der Waals surface area contributed by atoms with E-state index in [1.54, 1.807) is 17.0 Å². The molecule has 2 heterocycles. The van der Waals surface area contributed by atoms with Gasteiger partial charge in [0.2, 0.25) is 23.2 Å². The van der Waals surface area contributed by atoms with E-state index in [1.165, 1.54) is 11.8 Å². The Morgan fingerprint density at radius 2 is 2.00 bits per heavy atom. The van der Waals surface area contributed by atoms with E-state index in [-0.39, 0.29) is 5.91 Å². The number of benzene rings is 2. The summed E-state index contributed by atoms with van der Waals surface area (Å²) in [6.07, 6.45) is 1.51. The third-order valence-corrected chi connectivity index (χ3v) is 5.18. The average Bonchev–Trinajstić information content (AvgIpc) is 2.87. The summed E-state index contributed by atoms with van der Waals surface area (Å²) < 4.78 is 6.28. The van der Waals surface area contributed by atoms with Crippen LogP contribution in [0, 0.1) is 0 Å². The molecule has 3 aromatic rings. The molecule has 0 saturated carbocycles. The van der Waals surface area contributed by atoms with Gasteiger partial charge in [0.25, 0.3) is 0 Å². The van der Waals surface area contributed by atoms with E-state index in [4.69, 9.17) is 16.3 Å². The second kappa shape index (κ2) is 7.77. The average molecular weight is 413 g/mol. The quantitative estimate of drug-likeness (QED) is 0.578. The number of amides is 1. The number of aromatic nitrogens is 3. The van der Waals surface area contributed by atoms with Gasteiger partial charge in [-0.3, -0.25) is 9.69 Å². The van der Waals surface area contributed by atoms with Gasteiger partial charge in [0.15, 0.2) is 5.69 Å². The van der Waals surface area contributed by atoms with Gasteiger partial charge in [-0.15, -0.1) is 10.2 Å². The highest BCUT2D eigenvalue weighted by Crippen LogP contribution is 2.44. The number of rotatable bonds is 3. The van der Waals surface area contributed by atoms with Crippen molar-refractivity contribution in [1.29, 1.82) is 0 Å². The second-order valence-electron chi connectivity index (χ2n) is 6.11. The maximum atomic E-state index is 13.0. The molecular weight excluding hydrogens is 396 g/mol. The van der Waals surface area contributed by atoms with Crippen molar-refractivity contribution in [3.05, 3.63) is 59.1 Å².